The van der Waals surface area contributed by atoms with Gasteiger partial charge in [0.1, 0.15) is 0 Å². The summed E-state index contributed by atoms with van der Waals surface area (Å²) in [5.74, 6) is 0. The fourth-order valence-corrected chi connectivity index (χ4v) is 9.13. The minimum Gasteiger partial charge on any atom is -0.0750 e. The van der Waals surface area contributed by atoms with E-state index >= 15 is 0 Å². The smallest absolute Gasteiger partial charge is 0.0424 e. The van der Waals surface area contributed by atoms with Crippen molar-refractivity contribution in [1.82, 2.24) is 0 Å². The molecule has 0 aliphatic heterocycles. The Bertz CT molecular complexity index is 1530. The summed E-state index contributed by atoms with van der Waals surface area (Å²) in [4.78, 5) is 0.0151. The normalized spacial score (nSPS) is 17.4. The van der Waals surface area contributed by atoms with E-state index < -0.39 is 0 Å². The zero-order chi connectivity index (χ0) is 22.8. The molecule has 35 heavy (non-hydrogen) atoms. The first-order valence-corrected chi connectivity index (χ1v) is 13.8. The van der Waals surface area contributed by atoms with Crippen molar-refractivity contribution in [3.63, 3.8) is 0 Å². The fraction of sp³-hybridized carbons (Fsp3) is 0.0625. The van der Waals surface area contributed by atoms with E-state index in [2.05, 4.69) is 133 Å². The maximum absolute atomic E-state index is 2.48. The maximum atomic E-state index is 2.48. The first kappa shape index (κ1) is 24.3. The van der Waals surface area contributed by atoms with Crippen molar-refractivity contribution in [2.75, 3.05) is 0 Å². The van der Waals surface area contributed by atoms with Gasteiger partial charge in [0, 0.05) is 24.4 Å². The van der Waals surface area contributed by atoms with E-state index in [4.69, 9.17) is 0 Å². The average Bonchev–Trinajstić information content (AvgIpc) is 2.90. The molecule has 0 aromatic heterocycles. The van der Waals surface area contributed by atoms with E-state index in [0.29, 0.717) is 17.2 Å². The van der Waals surface area contributed by atoms with Crippen LogP contribution in [0.1, 0.15) is 12.0 Å². The van der Waals surface area contributed by atoms with Gasteiger partial charge in [0.15, 0.2) is 0 Å². The molecular weight excluding hydrogens is 547 g/mol. The Kier molecular flexibility index (Phi) is 7.41. The number of rotatable bonds is 5. The second-order valence-electron chi connectivity index (χ2n) is 8.78. The standard InChI is InChI=1S/C32H26P2.Ru/c1-3-15-26(16-4-1)33-32(34-27-17-5-2-6-18-27)23-22-25-13-8-10-20-29(25)31(32)30-21-11-14-24-12-7-9-19-28(24)30;/h1-22,33-34H,23H2;. The maximum Gasteiger partial charge on any atom is 0.0424 e. The van der Waals surface area contributed by atoms with Crippen molar-refractivity contribution in [3.8, 4) is 0 Å². The molecule has 0 heterocycles. The second-order valence-corrected chi connectivity index (χ2v) is 12.6. The monoisotopic (exact) mass is 574 g/mol. The SMILES string of the molecule is C1=c2ccccc2=C(c2cccc3ccccc23)C(Pc2ccccc2)(Pc2ccccc2)C1.[Ru]. The zero-order valence-electron chi connectivity index (χ0n) is 19.3. The first-order chi connectivity index (χ1) is 16.8. The predicted molar refractivity (Wildman–Crippen MR) is 153 cm³/mol. The molecule has 0 fully saturated rings. The fourth-order valence-electron chi connectivity index (χ4n) is 5.11. The van der Waals surface area contributed by atoms with Crippen LogP contribution < -0.4 is 21.0 Å². The molecule has 0 N–H and O–H groups in total. The summed E-state index contributed by atoms with van der Waals surface area (Å²) in [6.07, 6.45) is 3.53. The van der Waals surface area contributed by atoms with Gasteiger partial charge >= 0.3 is 0 Å². The Morgan fingerprint density at radius 1 is 0.543 bits per heavy atom. The minimum absolute atomic E-state index is 0. The minimum atomic E-state index is 0. The van der Waals surface area contributed by atoms with Gasteiger partial charge in [0.25, 0.3) is 0 Å². The summed E-state index contributed by atoms with van der Waals surface area (Å²) in [7, 11) is 1.37. The van der Waals surface area contributed by atoms with Crippen LogP contribution in [0.2, 0.25) is 0 Å². The summed E-state index contributed by atoms with van der Waals surface area (Å²) in [6.45, 7) is 0. The summed E-state index contributed by atoms with van der Waals surface area (Å²) in [5.41, 5.74) is 2.89. The van der Waals surface area contributed by atoms with Gasteiger partial charge in [0.2, 0.25) is 0 Å². The van der Waals surface area contributed by atoms with E-state index in [0.717, 1.165) is 6.42 Å². The largest absolute Gasteiger partial charge is 0.0750 e. The van der Waals surface area contributed by atoms with Crippen LogP contribution in [0.5, 0.6) is 0 Å². The quantitative estimate of drug-likeness (QED) is 0.181. The first-order valence-electron chi connectivity index (χ1n) is 11.8. The van der Waals surface area contributed by atoms with Gasteiger partial charge in [-0.25, -0.2) is 0 Å². The predicted octanol–water partition coefficient (Wildman–Crippen LogP) is 5.92. The molecule has 0 radical (unpaired) electrons. The molecule has 0 amide bonds. The molecule has 0 saturated carbocycles. The molecule has 3 heteroatoms. The summed E-state index contributed by atoms with van der Waals surface area (Å²) in [5, 5.41) is 8.25. The molecule has 1 aliphatic carbocycles. The molecule has 5 aromatic rings. The molecule has 0 bridgehead atoms. The number of benzene rings is 5. The molecule has 172 valence electrons. The molecule has 0 spiro atoms. The van der Waals surface area contributed by atoms with Gasteiger partial charge in [-0.2, -0.15) is 0 Å². The third-order valence-electron chi connectivity index (χ3n) is 6.61. The number of hydrogen-bond acceptors (Lipinski definition) is 0. The molecule has 1 aliphatic rings. The van der Waals surface area contributed by atoms with E-state index in [1.54, 1.807) is 0 Å². The van der Waals surface area contributed by atoms with Crippen molar-refractivity contribution >= 4 is 50.2 Å². The van der Waals surface area contributed by atoms with Crippen LogP contribution >= 0.6 is 17.2 Å². The van der Waals surface area contributed by atoms with Gasteiger partial charge < -0.3 is 0 Å². The van der Waals surface area contributed by atoms with Crippen LogP contribution in [-0.4, -0.2) is 4.90 Å². The third kappa shape index (κ3) is 4.84. The molecule has 5 aromatic carbocycles. The van der Waals surface area contributed by atoms with E-state index in [1.807, 2.05) is 0 Å². The van der Waals surface area contributed by atoms with Crippen molar-refractivity contribution in [1.29, 1.82) is 0 Å². The Morgan fingerprint density at radius 3 is 1.83 bits per heavy atom. The van der Waals surface area contributed by atoms with Gasteiger partial charge in [-0.1, -0.05) is 151 Å². The van der Waals surface area contributed by atoms with Crippen molar-refractivity contribution in [3.05, 3.63) is 143 Å². The van der Waals surface area contributed by atoms with E-state index in [1.165, 1.54) is 43.0 Å². The van der Waals surface area contributed by atoms with Gasteiger partial charge in [0.05, 0.1) is 0 Å². The topological polar surface area (TPSA) is 0 Å². The number of hydrogen-bond donors (Lipinski definition) is 0. The van der Waals surface area contributed by atoms with Crippen molar-refractivity contribution in [2.45, 2.75) is 11.3 Å². The van der Waals surface area contributed by atoms with Crippen LogP contribution in [0.4, 0.5) is 0 Å². The summed E-state index contributed by atoms with van der Waals surface area (Å²) in [6, 6.07) is 46.8. The zero-order valence-corrected chi connectivity index (χ0v) is 23.0. The second kappa shape index (κ2) is 10.7. The Morgan fingerprint density at radius 2 is 1.11 bits per heavy atom. The molecule has 2 atom stereocenters. The third-order valence-corrected chi connectivity index (χ3v) is 10.4. The molecular formula is C32H26P2Ru. The Balaban J connectivity index is 0.00000253. The summed E-state index contributed by atoms with van der Waals surface area (Å²) >= 11 is 0. The van der Waals surface area contributed by atoms with Crippen LogP contribution in [-0.2, 0) is 19.5 Å². The van der Waals surface area contributed by atoms with E-state index in [9.17, 15) is 0 Å². The Hall–Kier alpha value is -2.42. The van der Waals surface area contributed by atoms with Crippen molar-refractivity contribution in [2.24, 2.45) is 0 Å². The van der Waals surface area contributed by atoms with Gasteiger partial charge in [-0.3, -0.25) is 0 Å². The molecule has 2 unspecified atom stereocenters. The van der Waals surface area contributed by atoms with Crippen LogP contribution in [0.15, 0.2) is 127 Å². The van der Waals surface area contributed by atoms with E-state index in [-0.39, 0.29) is 24.4 Å². The molecule has 0 saturated heterocycles. The van der Waals surface area contributed by atoms with Crippen LogP contribution in [0.3, 0.4) is 0 Å². The van der Waals surface area contributed by atoms with Crippen LogP contribution in [0, 0.1) is 0 Å². The van der Waals surface area contributed by atoms with Crippen molar-refractivity contribution < 1.29 is 19.5 Å². The number of fused-ring (bicyclic) bond motifs is 2. The van der Waals surface area contributed by atoms with Gasteiger partial charge in [-0.05, 0) is 49.4 Å². The molecule has 0 nitrogen and oxygen atoms in total. The van der Waals surface area contributed by atoms with Crippen LogP contribution in [0.25, 0.3) is 22.4 Å². The van der Waals surface area contributed by atoms with Gasteiger partial charge in [-0.15, -0.1) is 0 Å². The molecule has 6 rings (SSSR count). The summed E-state index contributed by atoms with van der Waals surface area (Å²) < 4.78 is 0. The average molecular weight is 574 g/mol. The Labute approximate surface area is 223 Å².